The fourth-order valence-electron chi connectivity index (χ4n) is 2.26. The van der Waals surface area contributed by atoms with Gasteiger partial charge in [-0.2, -0.15) is 5.10 Å². The van der Waals surface area contributed by atoms with Crippen LogP contribution < -0.4 is 5.43 Å². The van der Waals surface area contributed by atoms with E-state index in [4.69, 9.17) is 27.9 Å². The highest BCUT2D eigenvalue weighted by Gasteiger charge is 2.28. The lowest BCUT2D eigenvalue weighted by Gasteiger charge is -2.33. The molecule has 0 spiro atoms. The molecule has 0 aliphatic carbocycles. The van der Waals surface area contributed by atoms with Gasteiger partial charge in [0.2, 0.25) is 0 Å². The minimum atomic E-state index is -0.865. The Kier molecular flexibility index (Phi) is 7.23. The number of ether oxygens (including phenoxy) is 1. The van der Waals surface area contributed by atoms with Crippen LogP contribution in [-0.2, 0) is 14.3 Å². The van der Waals surface area contributed by atoms with E-state index in [1.807, 2.05) is 0 Å². The molecule has 1 aliphatic rings. The molecule has 1 aromatic carbocycles. The Morgan fingerprint density at radius 3 is 2.46 bits per heavy atom. The lowest BCUT2D eigenvalue weighted by atomic mass is 10.2. The van der Waals surface area contributed by atoms with Crippen molar-refractivity contribution in [2.24, 2.45) is 5.10 Å². The molecule has 0 saturated carbocycles. The van der Waals surface area contributed by atoms with Crippen LogP contribution in [0.4, 0.5) is 4.79 Å². The van der Waals surface area contributed by atoms with Gasteiger partial charge in [0.05, 0.1) is 17.8 Å². The first kappa shape index (κ1) is 20.0. The van der Waals surface area contributed by atoms with Gasteiger partial charge >= 0.3 is 17.9 Å². The summed E-state index contributed by atoms with van der Waals surface area (Å²) in [4.78, 5) is 38.5. The molecule has 1 heterocycles. The number of benzene rings is 1. The number of hydrazone groups is 1. The summed E-state index contributed by atoms with van der Waals surface area (Å²) < 4.78 is 4.90. The van der Waals surface area contributed by atoms with E-state index in [2.05, 4.69) is 10.5 Å². The third-order valence-electron chi connectivity index (χ3n) is 3.62. The molecule has 3 amide bonds. The van der Waals surface area contributed by atoms with Gasteiger partial charge in [0, 0.05) is 36.8 Å². The average molecular weight is 401 g/mol. The number of rotatable bonds is 3. The van der Waals surface area contributed by atoms with E-state index in [0.29, 0.717) is 28.7 Å². The molecule has 0 bridgehead atoms. The fourth-order valence-corrected chi connectivity index (χ4v) is 2.72. The van der Waals surface area contributed by atoms with Crippen molar-refractivity contribution in [3.8, 4) is 0 Å². The first-order chi connectivity index (χ1) is 12.4. The van der Waals surface area contributed by atoms with Crippen LogP contribution in [0.1, 0.15) is 12.5 Å². The quantitative estimate of drug-likeness (QED) is 0.475. The van der Waals surface area contributed by atoms with Gasteiger partial charge in [-0.1, -0.05) is 29.3 Å². The van der Waals surface area contributed by atoms with Gasteiger partial charge in [0.1, 0.15) is 0 Å². The highest BCUT2D eigenvalue weighted by molar-refractivity contribution is 6.36. The molecule has 0 atom stereocenters. The van der Waals surface area contributed by atoms with Crippen LogP contribution in [0.25, 0.3) is 0 Å². The fraction of sp³-hybridized carbons (Fsp3) is 0.375. The van der Waals surface area contributed by atoms with E-state index in [1.54, 1.807) is 25.1 Å². The first-order valence-electron chi connectivity index (χ1n) is 7.91. The Morgan fingerprint density at radius 1 is 1.19 bits per heavy atom. The zero-order valence-electron chi connectivity index (χ0n) is 14.1. The molecule has 1 fully saturated rings. The molecular formula is C16H18Cl2N4O4. The molecule has 1 N–H and O–H groups in total. The van der Waals surface area contributed by atoms with Crippen molar-refractivity contribution in [1.29, 1.82) is 0 Å². The molecule has 1 aromatic rings. The molecular weight excluding hydrogens is 383 g/mol. The van der Waals surface area contributed by atoms with E-state index in [9.17, 15) is 14.4 Å². The van der Waals surface area contributed by atoms with Gasteiger partial charge in [-0.25, -0.2) is 10.2 Å². The highest BCUT2D eigenvalue weighted by Crippen LogP contribution is 2.19. The zero-order valence-corrected chi connectivity index (χ0v) is 15.6. The summed E-state index contributed by atoms with van der Waals surface area (Å²) >= 11 is 11.8. The zero-order chi connectivity index (χ0) is 19.1. The molecule has 0 radical (unpaired) electrons. The van der Waals surface area contributed by atoms with E-state index < -0.39 is 17.9 Å². The molecule has 1 saturated heterocycles. The van der Waals surface area contributed by atoms with Crippen molar-refractivity contribution in [2.75, 3.05) is 32.8 Å². The van der Waals surface area contributed by atoms with Crippen molar-refractivity contribution >= 4 is 47.3 Å². The Labute approximate surface area is 160 Å². The number of hydrogen-bond acceptors (Lipinski definition) is 5. The maximum absolute atomic E-state index is 12.1. The van der Waals surface area contributed by atoms with Crippen LogP contribution >= 0.6 is 23.2 Å². The van der Waals surface area contributed by atoms with Crippen molar-refractivity contribution in [1.82, 2.24) is 15.2 Å². The van der Waals surface area contributed by atoms with Gasteiger partial charge < -0.3 is 14.5 Å². The Morgan fingerprint density at radius 2 is 1.85 bits per heavy atom. The maximum Gasteiger partial charge on any atom is 0.409 e. The van der Waals surface area contributed by atoms with Crippen molar-refractivity contribution < 1.29 is 19.1 Å². The molecule has 0 aromatic heterocycles. The summed E-state index contributed by atoms with van der Waals surface area (Å²) in [5, 5.41) is 4.58. The molecule has 8 nitrogen and oxygen atoms in total. The van der Waals surface area contributed by atoms with Gasteiger partial charge in [-0.3, -0.25) is 9.59 Å². The molecule has 10 heteroatoms. The molecule has 0 unspecified atom stereocenters. The Hall–Kier alpha value is -2.32. The lowest BCUT2D eigenvalue weighted by molar-refractivity contribution is -0.146. The van der Waals surface area contributed by atoms with Crippen molar-refractivity contribution in [3.63, 3.8) is 0 Å². The predicted octanol–water partition coefficient (Wildman–Crippen LogP) is 1.74. The number of halogens is 2. The van der Waals surface area contributed by atoms with Crippen LogP contribution in [0, 0.1) is 0 Å². The average Bonchev–Trinajstić information content (AvgIpc) is 2.63. The van der Waals surface area contributed by atoms with Crippen LogP contribution in [0.3, 0.4) is 0 Å². The van der Waals surface area contributed by atoms with Crippen molar-refractivity contribution in [2.45, 2.75) is 6.92 Å². The van der Waals surface area contributed by atoms with Crippen LogP contribution in [-0.4, -0.2) is 66.7 Å². The topological polar surface area (TPSA) is 91.3 Å². The number of nitrogens with one attached hydrogen (secondary N) is 1. The Bertz CT molecular complexity index is 718. The third-order valence-corrected chi connectivity index (χ3v) is 4.18. The molecule has 140 valence electrons. The summed E-state index contributed by atoms with van der Waals surface area (Å²) in [6.07, 6.45) is 0.899. The van der Waals surface area contributed by atoms with Crippen molar-refractivity contribution in [3.05, 3.63) is 33.8 Å². The van der Waals surface area contributed by atoms with Gasteiger partial charge in [-0.15, -0.1) is 0 Å². The minimum Gasteiger partial charge on any atom is -0.450 e. The smallest absolute Gasteiger partial charge is 0.409 e. The summed E-state index contributed by atoms with van der Waals surface area (Å²) in [6.45, 7) is 3.12. The standard InChI is InChI=1S/C16H18Cl2N4O4/c1-2-26-16(25)22-7-5-21(6-8-22)15(24)14(23)20-19-10-11-3-4-12(17)9-13(11)18/h3-4,9-10H,2,5-8H2,1H3,(H,20,23)/b19-10-. The summed E-state index contributed by atoms with van der Waals surface area (Å²) in [5.74, 6) is -1.58. The number of amides is 3. The van der Waals surface area contributed by atoms with Gasteiger partial charge in [-0.05, 0) is 19.1 Å². The number of piperazine rings is 1. The SMILES string of the molecule is CCOC(=O)N1CCN(C(=O)C(=O)N/N=C\c2ccc(Cl)cc2Cl)CC1. The largest absolute Gasteiger partial charge is 0.450 e. The summed E-state index contributed by atoms with van der Waals surface area (Å²) in [7, 11) is 0. The first-order valence-corrected chi connectivity index (χ1v) is 8.67. The minimum absolute atomic E-state index is 0.248. The predicted molar refractivity (Wildman–Crippen MR) is 97.4 cm³/mol. The van der Waals surface area contributed by atoms with Crippen LogP contribution in [0.5, 0.6) is 0 Å². The van der Waals surface area contributed by atoms with E-state index in [-0.39, 0.29) is 19.7 Å². The normalized spacial score (nSPS) is 14.4. The second-order valence-corrected chi connectivity index (χ2v) is 6.19. The second kappa shape index (κ2) is 9.40. The molecule has 1 aliphatic heterocycles. The molecule has 26 heavy (non-hydrogen) atoms. The number of nitrogens with zero attached hydrogens (tertiary/aromatic N) is 3. The summed E-state index contributed by atoms with van der Waals surface area (Å²) in [6, 6.07) is 4.81. The highest BCUT2D eigenvalue weighted by atomic mass is 35.5. The number of carbonyl (C=O) groups excluding carboxylic acids is 3. The monoisotopic (exact) mass is 400 g/mol. The van der Waals surface area contributed by atoms with E-state index in [1.165, 1.54) is 16.0 Å². The van der Waals surface area contributed by atoms with E-state index >= 15 is 0 Å². The number of hydrogen-bond donors (Lipinski definition) is 1. The maximum atomic E-state index is 12.1. The van der Waals surface area contributed by atoms with E-state index in [0.717, 1.165) is 0 Å². The van der Waals surface area contributed by atoms with Gasteiger partial charge in [0.15, 0.2) is 0 Å². The third kappa shape index (κ3) is 5.34. The lowest BCUT2D eigenvalue weighted by Crippen LogP contribution is -2.53. The number of carbonyl (C=O) groups is 3. The Balaban J connectivity index is 1.83. The second-order valence-electron chi connectivity index (χ2n) is 5.34. The summed E-state index contributed by atoms with van der Waals surface area (Å²) in [5.41, 5.74) is 2.71. The van der Waals surface area contributed by atoms with Crippen LogP contribution in [0.2, 0.25) is 10.0 Å². The van der Waals surface area contributed by atoms with Crippen LogP contribution in [0.15, 0.2) is 23.3 Å². The molecule has 2 rings (SSSR count). The van der Waals surface area contributed by atoms with Gasteiger partial charge in [0.25, 0.3) is 0 Å².